The average Bonchev–Trinajstić information content (AvgIpc) is 2.74. The average molecular weight is 223 g/mol. The summed E-state index contributed by atoms with van der Waals surface area (Å²) in [6, 6.07) is 0. The van der Waals surface area contributed by atoms with E-state index in [1.54, 1.807) is 0 Å². The third-order valence-electron chi connectivity index (χ3n) is 4.11. The zero-order valence-electron chi connectivity index (χ0n) is 9.98. The van der Waals surface area contributed by atoms with Gasteiger partial charge < -0.3 is 5.11 Å². The van der Waals surface area contributed by atoms with Crippen LogP contribution in [-0.4, -0.2) is 35.6 Å². The van der Waals surface area contributed by atoms with Gasteiger partial charge in [0.2, 0.25) is 0 Å². The lowest BCUT2D eigenvalue weighted by molar-refractivity contribution is -0.152. The van der Waals surface area contributed by atoms with Crippen molar-refractivity contribution in [2.24, 2.45) is 11.3 Å². The van der Waals surface area contributed by atoms with E-state index in [1.165, 1.54) is 0 Å². The fourth-order valence-electron chi connectivity index (χ4n) is 2.83. The fourth-order valence-corrected chi connectivity index (χ4v) is 2.83. The largest absolute Gasteiger partial charge is 0.481 e. The maximum absolute atomic E-state index is 11.5. The molecule has 0 aromatic carbocycles. The number of nitrogens with zero attached hydrogens (tertiary/aromatic N) is 1. The normalized spacial score (nSPS) is 35.4. The first-order valence-electron chi connectivity index (χ1n) is 6.23. The molecule has 0 radical (unpaired) electrons. The van der Waals surface area contributed by atoms with Crippen molar-refractivity contribution in [2.75, 3.05) is 19.6 Å². The van der Waals surface area contributed by atoms with Crippen LogP contribution in [-0.2, 0) is 4.79 Å². The van der Waals surface area contributed by atoms with E-state index in [2.05, 4.69) is 24.0 Å². The predicted molar refractivity (Wildman–Crippen MR) is 63.3 cm³/mol. The van der Waals surface area contributed by atoms with Gasteiger partial charge in [0, 0.05) is 19.6 Å². The lowest BCUT2D eigenvalue weighted by atomic mass is 9.70. The van der Waals surface area contributed by atoms with E-state index in [0.717, 1.165) is 45.3 Å². The van der Waals surface area contributed by atoms with Crippen molar-refractivity contribution in [3.05, 3.63) is 12.2 Å². The third-order valence-corrected chi connectivity index (χ3v) is 4.11. The van der Waals surface area contributed by atoms with Crippen LogP contribution in [0.1, 0.15) is 32.6 Å². The number of rotatable bonds is 3. The van der Waals surface area contributed by atoms with Crippen molar-refractivity contribution in [1.82, 2.24) is 4.90 Å². The molecule has 0 saturated heterocycles. The van der Waals surface area contributed by atoms with Crippen LogP contribution in [0.2, 0.25) is 0 Å². The molecular weight excluding hydrogens is 202 g/mol. The summed E-state index contributed by atoms with van der Waals surface area (Å²) in [6.45, 7) is 4.79. The molecule has 0 atom stereocenters. The molecule has 0 bridgehead atoms. The minimum absolute atomic E-state index is 0.474. The molecule has 1 fully saturated rings. The van der Waals surface area contributed by atoms with Crippen LogP contribution in [0.15, 0.2) is 12.2 Å². The highest BCUT2D eigenvalue weighted by Crippen LogP contribution is 2.40. The Morgan fingerprint density at radius 3 is 2.44 bits per heavy atom. The summed E-state index contributed by atoms with van der Waals surface area (Å²) in [4.78, 5) is 13.8. The number of hydrogen-bond acceptors (Lipinski definition) is 2. The number of hydrogen-bond donors (Lipinski definition) is 1. The molecule has 3 heteroatoms. The van der Waals surface area contributed by atoms with Crippen LogP contribution in [0.4, 0.5) is 0 Å². The van der Waals surface area contributed by atoms with E-state index in [-0.39, 0.29) is 0 Å². The Kier molecular flexibility index (Phi) is 3.33. The Morgan fingerprint density at radius 2 is 1.94 bits per heavy atom. The van der Waals surface area contributed by atoms with Gasteiger partial charge in [-0.25, -0.2) is 0 Å². The van der Waals surface area contributed by atoms with Gasteiger partial charge in [0.25, 0.3) is 0 Å². The molecule has 0 aromatic rings. The molecular formula is C13H21NO2. The van der Waals surface area contributed by atoms with Crippen molar-refractivity contribution >= 4 is 5.97 Å². The van der Waals surface area contributed by atoms with Crippen molar-refractivity contribution in [3.8, 4) is 0 Å². The first-order valence-corrected chi connectivity index (χ1v) is 6.23. The van der Waals surface area contributed by atoms with E-state index in [0.29, 0.717) is 5.92 Å². The molecule has 0 aromatic heterocycles. The zero-order chi connectivity index (χ0) is 11.6. The minimum atomic E-state index is -0.591. The van der Waals surface area contributed by atoms with E-state index in [1.807, 2.05) is 0 Å². The van der Waals surface area contributed by atoms with Gasteiger partial charge in [-0.3, -0.25) is 9.69 Å². The second-order valence-corrected chi connectivity index (χ2v) is 5.43. The molecule has 3 nitrogen and oxygen atoms in total. The van der Waals surface area contributed by atoms with Gasteiger partial charge in [-0.05, 0) is 31.6 Å². The van der Waals surface area contributed by atoms with Crippen LogP contribution in [0, 0.1) is 11.3 Å². The summed E-state index contributed by atoms with van der Waals surface area (Å²) in [5, 5.41) is 9.49. The number of carbonyl (C=O) groups is 1. The van der Waals surface area contributed by atoms with Crippen LogP contribution >= 0.6 is 0 Å². The third kappa shape index (κ3) is 2.29. The van der Waals surface area contributed by atoms with Gasteiger partial charge in [-0.15, -0.1) is 0 Å². The Balaban J connectivity index is 2.01. The highest BCUT2D eigenvalue weighted by atomic mass is 16.4. The SMILES string of the molecule is CC1CCC(CN2CC=CC2)(C(=O)O)CC1. The molecule has 2 rings (SSSR count). The van der Waals surface area contributed by atoms with Gasteiger partial charge in [0.05, 0.1) is 5.41 Å². The first-order chi connectivity index (χ1) is 7.62. The topological polar surface area (TPSA) is 40.5 Å². The summed E-state index contributed by atoms with van der Waals surface area (Å²) in [5.74, 6) is 0.107. The quantitative estimate of drug-likeness (QED) is 0.745. The van der Waals surface area contributed by atoms with Crippen molar-refractivity contribution < 1.29 is 9.90 Å². The van der Waals surface area contributed by atoms with Crippen LogP contribution < -0.4 is 0 Å². The lowest BCUT2D eigenvalue weighted by Crippen LogP contribution is -2.44. The van der Waals surface area contributed by atoms with Crippen LogP contribution in [0.3, 0.4) is 0 Å². The predicted octanol–water partition coefficient (Wildman–Crippen LogP) is 2.14. The number of carboxylic acid groups (broad SMARTS) is 1. The van der Waals surface area contributed by atoms with Crippen molar-refractivity contribution in [1.29, 1.82) is 0 Å². The summed E-state index contributed by atoms with van der Waals surface area (Å²) >= 11 is 0. The summed E-state index contributed by atoms with van der Waals surface area (Å²) in [5.41, 5.74) is -0.474. The number of aliphatic carboxylic acids is 1. The van der Waals surface area contributed by atoms with Gasteiger partial charge in [-0.1, -0.05) is 19.1 Å². The van der Waals surface area contributed by atoms with Crippen LogP contribution in [0.25, 0.3) is 0 Å². The first kappa shape index (κ1) is 11.6. The molecule has 2 aliphatic rings. The smallest absolute Gasteiger partial charge is 0.310 e. The molecule has 0 spiro atoms. The molecule has 0 amide bonds. The van der Waals surface area contributed by atoms with Gasteiger partial charge >= 0.3 is 5.97 Å². The standard InChI is InChI=1S/C13H21NO2/c1-11-4-6-13(7-5-11,12(15)16)10-14-8-2-3-9-14/h2-3,11H,4-10H2,1H3,(H,15,16). The second-order valence-electron chi connectivity index (χ2n) is 5.43. The minimum Gasteiger partial charge on any atom is -0.481 e. The Hall–Kier alpha value is -0.830. The summed E-state index contributed by atoms with van der Waals surface area (Å²) in [7, 11) is 0. The van der Waals surface area contributed by atoms with E-state index < -0.39 is 11.4 Å². The zero-order valence-corrected chi connectivity index (χ0v) is 9.98. The molecule has 1 heterocycles. The Bertz CT molecular complexity index is 282. The van der Waals surface area contributed by atoms with Gasteiger partial charge in [0.1, 0.15) is 0 Å². The van der Waals surface area contributed by atoms with E-state index >= 15 is 0 Å². The lowest BCUT2D eigenvalue weighted by Gasteiger charge is -2.38. The summed E-state index contributed by atoms with van der Waals surface area (Å²) in [6.07, 6.45) is 8.07. The number of carboxylic acids is 1. The Labute approximate surface area is 97.1 Å². The molecule has 1 aliphatic heterocycles. The van der Waals surface area contributed by atoms with Gasteiger partial charge in [-0.2, -0.15) is 0 Å². The molecule has 1 aliphatic carbocycles. The molecule has 16 heavy (non-hydrogen) atoms. The van der Waals surface area contributed by atoms with Crippen molar-refractivity contribution in [3.63, 3.8) is 0 Å². The van der Waals surface area contributed by atoms with Crippen molar-refractivity contribution in [2.45, 2.75) is 32.6 Å². The Morgan fingerprint density at radius 1 is 1.38 bits per heavy atom. The van der Waals surface area contributed by atoms with E-state index in [4.69, 9.17) is 0 Å². The van der Waals surface area contributed by atoms with Gasteiger partial charge in [0.15, 0.2) is 0 Å². The second kappa shape index (κ2) is 4.58. The molecule has 1 saturated carbocycles. The highest BCUT2D eigenvalue weighted by molar-refractivity contribution is 5.75. The monoisotopic (exact) mass is 223 g/mol. The highest BCUT2D eigenvalue weighted by Gasteiger charge is 2.42. The fraction of sp³-hybridized carbons (Fsp3) is 0.769. The van der Waals surface area contributed by atoms with Crippen LogP contribution in [0.5, 0.6) is 0 Å². The molecule has 90 valence electrons. The maximum atomic E-state index is 11.5. The molecule has 0 unspecified atom stereocenters. The maximum Gasteiger partial charge on any atom is 0.310 e. The summed E-state index contributed by atoms with van der Waals surface area (Å²) < 4.78 is 0. The molecule has 1 N–H and O–H groups in total. The van der Waals surface area contributed by atoms with E-state index in [9.17, 15) is 9.90 Å².